The number of nitrogens with one attached hydrogen (secondary N) is 1. The molecular weight excluding hydrogens is 355 g/mol. The number of amides is 1. The summed E-state index contributed by atoms with van der Waals surface area (Å²) in [6, 6.07) is 4.70. The minimum absolute atomic E-state index is 0.165. The van der Waals surface area contributed by atoms with Crippen LogP contribution in [0.25, 0.3) is 0 Å². The van der Waals surface area contributed by atoms with E-state index in [4.69, 9.17) is 37.8 Å². The molecule has 1 unspecified atom stereocenters. The molecule has 0 aliphatic heterocycles. The third kappa shape index (κ3) is 4.29. The van der Waals surface area contributed by atoms with Gasteiger partial charge in [-0.15, -0.1) is 0 Å². The molecule has 24 heavy (non-hydrogen) atoms. The number of nitrogens with zero attached hydrogens (tertiary/aromatic N) is 1. The monoisotopic (exact) mass is 370 g/mol. The molecule has 0 spiro atoms. The highest BCUT2D eigenvalue weighted by atomic mass is 35.5. The van der Waals surface area contributed by atoms with Crippen LogP contribution in [0, 0.1) is 0 Å². The molecule has 0 aliphatic carbocycles. The van der Waals surface area contributed by atoms with Crippen LogP contribution in [0.3, 0.4) is 0 Å². The number of carbonyl (C=O) groups excluding carboxylic acids is 1. The van der Waals surface area contributed by atoms with Gasteiger partial charge < -0.3 is 19.9 Å². The van der Waals surface area contributed by atoms with Crippen LogP contribution in [0.5, 0.6) is 11.5 Å². The number of pyridine rings is 1. The molecule has 2 aromatic rings. The summed E-state index contributed by atoms with van der Waals surface area (Å²) in [4.78, 5) is 16.3. The third-order valence-electron chi connectivity index (χ3n) is 3.10. The van der Waals surface area contributed by atoms with E-state index in [2.05, 4.69) is 10.3 Å². The number of aliphatic hydroxyl groups excluding tert-OH is 1. The average molecular weight is 371 g/mol. The average Bonchev–Trinajstić information content (AvgIpc) is 2.57. The van der Waals surface area contributed by atoms with Gasteiger partial charge in [0.1, 0.15) is 6.10 Å². The van der Waals surface area contributed by atoms with Crippen LogP contribution in [0.2, 0.25) is 10.0 Å². The fraction of sp³-hybridized carbons (Fsp3) is 0.250. The molecule has 1 atom stereocenters. The molecule has 0 radical (unpaired) electrons. The topological polar surface area (TPSA) is 80.7 Å². The molecule has 0 saturated carbocycles. The first-order valence-electron chi connectivity index (χ1n) is 7.02. The lowest BCUT2D eigenvalue weighted by Gasteiger charge is -2.16. The number of hydrogen-bond donors (Lipinski definition) is 2. The number of methoxy groups -OCH3 is 1. The molecule has 8 heteroatoms. The molecule has 0 bridgehead atoms. The lowest BCUT2D eigenvalue weighted by Crippen LogP contribution is -2.18. The Morgan fingerprint density at radius 2 is 1.96 bits per heavy atom. The minimum Gasteiger partial charge on any atom is -0.493 e. The standard InChI is InChI=1S/C16H16Cl2N2O4/c1-9(8-21)24-14-5-10(3-4-13(14)23-2)16(22)20-15-11(17)6-19-7-12(15)18/h3-7,9,21H,8H2,1-2H3,(H,19,20,22). The Labute approximate surface area is 149 Å². The van der Waals surface area contributed by atoms with Crippen LogP contribution < -0.4 is 14.8 Å². The van der Waals surface area contributed by atoms with Crippen molar-refractivity contribution in [2.75, 3.05) is 19.0 Å². The van der Waals surface area contributed by atoms with Crippen molar-refractivity contribution in [3.63, 3.8) is 0 Å². The van der Waals surface area contributed by atoms with Crippen molar-refractivity contribution in [2.45, 2.75) is 13.0 Å². The summed E-state index contributed by atoms with van der Waals surface area (Å²) in [6.07, 6.45) is 2.32. The molecule has 0 fully saturated rings. The molecule has 6 nitrogen and oxygen atoms in total. The van der Waals surface area contributed by atoms with E-state index in [9.17, 15) is 4.79 Å². The van der Waals surface area contributed by atoms with Gasteiger partial charge in [-0.2, -0.15) is 0 Å². The highest BCUT2D eigenvalue weighted by Gasteiger charge is 2.16. The van der Waals surface area contributed by atoms with Gasteiger partial charge in [0, 0.05) is 18.0 Å². The lowest BCUT2D eigenvalue weighted by molar-refractivity contribution is 0.102. The molecule has 1 aromatic carbocycles. The maximum Gasteiger partial charge on any atom is 0.255 e. The van der Waals surface area contributed by atoms with Gasteiger partial charge in [0.05, 0.1) is 29.4 Å². The molecule has 2 rings (SSSR count). The fourth-order valence-corrected chi connectivity index (χ4v) is 2.34. The Morgan fingerprint density at radius 1 is 1.29 bits per heavy atom. The van der Waals surface area contributed by atoms with Crippen molar-refractivity contribution < 1.29 is 19.4 Å². The van der Waals surface area contributed by atoms with E-state index in [1.165, 1.54) is 25.6 Å². The van der Waals surface area contributed by atoms with Crippen molar-refractivity contribution >= 4 is 34.8 Å². The van der Waals surface area contributed by atoms with Crippen LogP contribution in [-0.4, -0.2) is 35.8 Å². The normalized spacial score (nSPS) is 11.7. The summed E-state index contributed by atoms with van der Waals surface area (Å²) in [7, 11) is 1.49. The maximum atomic E-state index is 12.4. The number of aliphatic hydroxyl groups is 1. The van der Waals surface area contributed by atoms with Gasteiger partial charge in [0.25, 0.3) is 5.91 Å². The zero-order valence-corrected chi connectivity index (χ0v) is 14.6. The lowest BCUT2D eigenvalue weighted by atomic mass is 10.2. The number of hydrogen-bond acceptors (Lipinski definition) is 5. The van der Waals surface area contributed by atoms with E-state index in [1.807, 2.05) is 0 Å². The van der Waals surface area contributed by atoms with Crippen LogP contribution in [-0.2, 0) is 0 Å². The Bertz CT molecular complexity index is 720. The highest BCUT2D eigenvalue weighted by Crippen LogP contribution is 2.31. The minimum atomic E-state index is -0.443. The van der Waals surface area contributed by atoms with Gasteiger partial charge in [-0.3, -0.25) is 9.78 Å². The molecule has 1 aromatic heterocycles. The number of rotatable bonds is 6. The second-order valence-corrected chi connectivity index (χ2v) is 5.72. The predicted octanol–water partition coefficient (Wildman–Crippen LogP) is 3.41. The number of aromatic nitrogens is 1. The number of anilines is 1. The largest absolute Gasteiger partial charge is 0.493 e. The van der Waals surface area contributed by atoms with Gasteiger partial charge in [-0.05, 0) is 25.1 Å². The van der Waals surface area contributed by atoms with E-state index in [-0.39, 0.29) is 22.3 Å². The van der Waals surface area contributed by atoms with E-state index >= 15 is 0 Å². The van der Waals surface area contributed by atoms with E-state index in [0.29, 0.717) is 17.1 Å². The van der Waals surface area contributed by atoms with Crippen LogP contribution in [0.4, 0.5) is 5.69 Å². The number of carbonyl (C=O) groups is 1. The molecule has 0 saturated heterocycles. The Hall–Kier alpha value is -2.02. The Balaban J connectivity index is 2.28. The first kappa shape index (κ1) is 18.3. The summed E-state index contributed by atoms with van der Waals surface area (Å²) >= 11 is 12.0. The highest BCUT2D eigenvalue weighted by molar-refractivity contribution is 6.39. The molecule has 128 valence electrons. The van der Waals surface area contributed by atoms with Crippen molar-refractivity contribution in [3.8, 4) is 11.5 Å². The summed E-state index contributed by atoms with van der Waals surface area (Å²) in [5.41, 5.74) is 0.597. The molecule has 1 amide bonds. The van der Waals surface area contributed by atoms with E-state index in [0.717, 1.165) is 0 Å². The summed E-state index contributed by atoms with van der Waals surface area (Å²) < 4.78 is 10.8. The van der Waals surface area contributed by atoms with E-state index < -0.39 is 12.0 Å². The molecule has 2 N–H and O–H groups in total. The van der Waals surface area contributed by atoms with Gasteiger partial charge in [-0.25, -0.2) is 0 Å². The first-order chi connectivity index (χ1) is 11.5. The van der Waals surface area contributed by atoms with Crippen LogP contribution in [0.1, 0.15) is 17.3 Å². The van der Waals surface area contributed by atoms with Crippen molar-refractivity contribution in [2.24, 2.45) is 0 Å². The third-order valence-corrected chi connectivity index (χ3v) is 3.68. The number of benzene rings is 1. The van der Waals surface area contributed by atoms with Gasteiger partial charge in [0.15, 0.2) is 11.5 Å². The summed E-state index contributed by atoms with van der Waals surface area (Å²) in [5.74, 6) is 0.375. The number of halogens is 2. The quantitative estimate of drug-likeness (QED) is 0.814. The second kappa shape index (κ2) is 8.19. The first-order valence-corrected chi connectivity index (χ1v) is 7.77. The SMILES string of the molecule is COc1ccc(C(=O)Nc2c(Cl)cncc2Cl)cc1OC(C)CO. The van der Waals surface area contributed by atoms with Crippen LogP contribution >= 0.6 is 23.2 Å². The van der Waals surface area contributed by atoms with Gasteiger partial charge in [0.2, 0.25) is 0 Å². The van der Waals surface area contributed by atoms with Crippen molar-refractivity contribution in [1.82, 2.24) is 4.98 Å². The van der Waals surface area contributed by atoms with E-state index in [1.54, 1.807) is 19.1 Å². The molecular formula is C16H16Cl2N2O4. The predicted molar refractivity (Wildman–Crippen MR) is 92.4 cm³/mol. The van der Waals surface area contributed by atoms with Crippen LogP contribution in [0.15, 0.2) is 30.6 Å². The Morgan fingerprint density at radius 3 is 2.54 bits per heavy atom. The van der Waals surface area contributed by atoms with Gasteiger partial charge >= 0.3 is 0 Å². The fourth-order valence-electron chi connectivity index (χ4n) is 1.88. The summed E-state index contributed by atoms with van der Waals surface area (Å²) in [5, 5.41) is 12.2. The summed E-state index contributed by atoms with van der Waals surface area (Å²) in [6.45, 7) is 1.53. The Kier molecular flexibility index (Phi) is 6.25. The zero-order chi connectivity index (χ0) is 17.7. The second-order valence-electron chi connectivity index (χ2n) is 4.91. The molecule has 1 heterocycles. The maximum absolute atomic E-state index is 12.4. The molecule has 0 aliphatic rings. The number of ether oxygens (including phenoxy) is 2. The zero-order valence-electron chi connectivity index (χ0n) is 13.0. The van der Waals surface area contributed by atoms with Crippen molar-refractivity contribution in [1.29, 1.82) is 0 Å². The van der Waals surface area contributed by atoms with Crippen molar-refractivity contribution in [3.05, 3.63) is 46.2 Å². The smallest absolute Gasteiger partial charge is 0.255 e. The van der Waals surface area contributed by atoms with Gasteiger partial charge in [-0.1, -0.05) is 23.2 Å².